The second-order valence-electron chi connectivity index (χ2n) is 10.00. The van der Waals surface area contributed by atoms with Gasteiger partial charge in [-0.3, -0.25) is 0 Å². The summed E-state index contributed by atoms with van der Waals surface area (Å²) in [4.78, 5) is 7.05. The van der Waals surface area contributed by atoms with E-state index in [1.54, 1.807) is 11.3 Å². The average molecular weight is 521 g/mol. The molecule has 0 unspecified atom stereocenters. The minimum absolute atomic E-state index is 0.273. The third-order valence-corrected chi connectivity index (χ3v) is 8.39. The summed E-state index contributed by atoms with van der Waals surface area (Å²) in [7, 11) is 0. The highest BCUT2D eigenvalue weighted by atomic mass is 32.1. The van der Waals surface area contributed by atoms with Crippen LogP contribution in [0.3, 0.4) is 0 Å². The first-order valence-electron chi connectivity index (χ1n) is 13.4. The Kier molecular flexibility index (Phi) is 7.49. The van der Waals surface area contributed by atoms with Gasteiger partial charge in [-0.25, -0.2) is 4.98 Å². The molecule has 0 aliphatic carbocycles. The molecule has 6 rings (SSSR count). The number of ether oxygens (including phenoxy) is 1. The van der Waals surface area contributed by atoms with E-state index < -0.39 is 6.10 Å². The van der Waals surface area contributed by atoms with Gasteiger partial charge >= 0.3 is 0 Å². The number of para-hydroxylation sites is 2. The number of hydrogen-bond donors (Lipinski definition) is 1. The van der Waals surface area contributed by atoms with Crippen molar-refractivity contribution in [3.63, 3.8) is 0 Å². The van der Waals surface area contributed by atoms with Gasteiger partial charge in [0, 0.05) is 12.1 Å². The molecule has 0 amide bonds. The second-order valence-corrected chi connectivity index (χ2v) is 11.1. The molecule has 0 bridgehead atoms. The van der Waals surface area contributed by atoms with Gasteiger partial charge in [-0.2, -0.15) is 0 Å². The van der Waals surface area contributed by atoms with Crippen molar-refractivity contribution >= 4 is 44.5 Å². The number of hydrogen-bond acceptors (Lipinski definition) is 5. The van der Waals surface area contributed by atoms with Crippen molar-refractivity contribution in [2.45, 2.75) is 24.9 Å². The zero-order valence-corrected chi connectivity index (χ0v) is 22.2. The highest BCUT2D eigenvalue weighted by Gasteiger charge is 2.23. The van der Waals surface area contributed by atoms with Gasteiger partial charge in [-0.05, 0) is 78.5 Å². The van der Waals surface area contributed by atoms with Crippen LogP contribution in [0.25, 0.3) is 33.1 Å². The molecule has 1 aliphatic rings. The Hall–Kier alpha value is -3.51. The van der Waals surface area contributed by atoms with E-state index >= 15 is 0 Å². The summed E-state index contributed by atoms with van der Waals surface area (Å²) >= 11 is 1.67. The molecule has 0 spiro atoms. The number of fused-ring (bicyclic) bond motifs is 2. The van der Waals surface area contributed by atoms with Gasteiger partial charge in [0.2, 0.25) is 0 Å². The van der Waals surface area contributed by atoms with Gasteiger partial charge in [-0.1, -0.05) is 72.8 Å². The summed E-state index contributed by atoms with van der Waals surface area (Å²) in [5.74, 6) is 1.35. The number of aliphatic hydroxyl groups excluding tert-OH is 1. The lowest BCUT2D eigenvalue weighted by molar-refractivity contribution is 0.0594. The van der Waals surface area contributed by atoms with Crippen molar-refractivity contribution in [1.29, 1.82) is 0 Å². The third-order valence-electron chi connectivity index (χ3n) is 7.39. The fraction of sp³-hybridized carbons (Fsp3) is 0.242. The van der Waals surface area contributed by atoms with Crippen LogP contribution in [0.2, 0.25) is 0 Å². The molecule has 0 radical (unpaired) electrons. The van der Waals surface area contributed by atoms with Crippen LogP contribution >= 0.6 is 11.3 Å². The fourth-order valence-corrected chi connectivity index (χ4v) is 6.31. The molecule has 192 valence electrons. The van der Waals surface area contributed by atoms with Gasteiger partial charge in [0.15, 0.2) is 0 Å². The van der Waals surface area contributed by atoms with Crippen molar-refractivity contribution in [2.24, 2.45) is 0 Å². The molecule has 1 fully saturated rings. The summed E-state index contributed by atoms with van der Waals surface area (Å²) in [6.45, 7) is 2.89. The summed E-state index contributed by atoms with van der Waals surface area (Å²) in [5.41, 5.74) is 3.46. The molecule has 4 nitrogen and oxygen atoms in total. The summed E-state index contributed by atoms with van der Waals surface area (Å²) in [6.07, 6.45) is 5.76. The maximum Gasteiger partial charge on any atom is 0.126 e. The van der Waals surface area contributed by atoms with E-state index in [0.29, 0.717) is 12.5 Å². The van der Waals surface area contributed by atoms with Crippen LogP contribution in [0.15, 0.2) is 91.0 Å². The maximum atomic E-state index is 10.8. The lowest BCUT2D eigenvalue weighted by atomic mass is 9.86. The van der Waals surface area contributed by atoms with Crippen LogP contribution < -0.4 is 4.74 Å². The molecule has 1 N–H and O–H groups in total. The molecule has 1 saturated heterocycles. The van der Waals surface area contributed by atoms with E-state index in [4.69, 9.17) is 4.74 Å². The fourth-order valence-electron chi connectivity index (χ4n) is 5.44. The van der Waals surface area contributed by atoms with Crippen molar-refractivity contribution in [1.82, 2.24) is 9.88 Å². The quantitative estimate of drug-likeness (QED) is 0.234. The largest absolute Gasteiger partial charge is 0.490 e. The smallest absolute Gasteiger partial charge is 0.126 e. The van der Waals surface area contributed by atoms with Crippen LogP contribution in [-0.2, 0) is 0 Å². The number of benzene rings is 4. The van der Waals surface area contributed by atoms with Crippen molar-refractivity contribution in [3.8, 4) is 5.75 Å². The first kappa shape index (κ1) is 24.8. The first-order valence-corrected chi connectivity index (χ1v) is 14.2. The summed E-state index contributed by atoms with van der Waals surface area (Å²) in [6, 6.07) is 31.5. The highest BCUT2D eigenvalue weighted by molar-refractivity contribution is 7.19. The molecule has 1 aromatic heterocycles. The normalized spacial score (nSPS) is 15.9. The third kappa shape index (κ3) is 5.65. The molecule has 2 heterocycles. The standard InChI is InChI=1S/C33H32N2O2S/c36-27(22-35-20-18-25(19-21-35)29-12-7-10-24-8-1-3-11-28(24)29)23-37-31-14-5-2-9-26(31)16-17-33-34-30-13-4-6-15-32(30)38-33/h1-17,25,27,36H,18-23H2/b17-16+/t27-/m0/s1. The van der Waals surface area contributed by atoms with Crippen molar-refractivity contribution in [2.75, 3.05) is 26.2 Å². The summed E-state index contributed by atoms with van der Waals surface area (Å²) < 4.78 is 7.26. The topological polar surface area (TPSA) is 45.6 Å². The Balaban J connectivity index is 1.03. The number of nitrogens with zero attached hydrogens (tertiary/aromatic N) is 2. The number of β-amino-alcohol motifs (C(OH)–C–C–N with tert-alkyl or cyclic N) is 1. The van der Waals surface area contributed by atoms with Crippen LogP contribution in [0.5, 0.6) is 5.75 Å². The minimum atomic E-state index is -0.537. The molecule has 5 aromatic rings. The van der Waals surface area contributed by atoms with Crippen LogP contribution in [0.1, 0.15) is 34.9 Å². The van der Waals surface area contributed by atoms with E-state index in [1.807, 2.05) is 54.6 Å². The first-order chi connectivity index (χ1) is 18.7. The number of piperidine rings is 1. The Labute approximate surface area is 227 Å². The van der Waals surface area contributed by atoms with Gasteiger partial charge in [0.05, 0.1) is 10.2 Å². The van der Waals surface area contributed by atoms with Crippen molar-refractivity contribution < 1.29 is 9.84 Å². The van der Waals surface area contributed by atoms with E-state index in [9.17, 15) is 5.11 Å². The molecule has 4 aromatic carbocycles. The molecule has 1 aliphatic heterocycles. The predicted molar refractivity (Wildman–Crippen MR) is 159 cm³/mol. The van der Waals surface area contributed by atoms with Crippen LogP contribution in [0.4, 0.5) is 0 Å². The Morgan fingerprint density at radius 2 is 1.66 bits per heavy atom. The lowest BCUT2D eigenvalue weighted by Gasteiger charge is -2.33. The average Bonchev–Trinajstić information content (AvgIpc) is 3.39. The molecule has 1 atom stereocenters. The maximum absolute atomic E-state index is 10.8. The highest BCUT2D eigenvalue weighted by Crippen LogP contribution is 2.33. The minimum Gasteiger partial charge on any atom is -0.490 e. The number of thiazole rings is 1. The molecular weight excluding hydrogens is 488 g/mol. The molecular formula is C33H32N2O2S. The van der Waals surface area contributed by atoms with E-state index in [-0.39, 0.29) is 6.61 Å². The number of likely N-dealkylation sites (tertiary alicyclic amines) is 1. The Morgan fingerprint density at radius 3 is 2.55 bits per heavy atom. The molecule has 5 heteroatoms. The number of rotatable bonds is 8. The van der Waals surface area contributed by atoms with E-state index in [2.05, 4.69) is 58.4 Å². The second kappa shape index (κ2) is 11.5. The Morgan fingerprint density at radius 1 is 0.895 bits per heavy atom. The van der Waals surface area contributed by atoms with Gasteiger partial charge in [0.1, 0.15) is 23.5 Å². The van der Waals surface area contributed by atoms with Gasteiger partial charge in [0.25, 0.3) is 0 Å². The van der Waals surface area contributed by atoms with E-state index in [1.165, 1.54) is 21.0 Å². The number of aromatic nitrogens is 1. The lowest BCUT2D eigenvalue weighted by Crippen LogP contribution is -2.40. The zero-order chi connectivity index (χ0) is 25.7. The Bertz CT molecular complexity index is 1510. The SMILES string of the molecule is O[C@H](COc1ccccc1/C=C/c1nc2ccccc2s1)CN1CCC(c2cccc3ccccc23)CC1. The zero-order valence-electron chi connectivity index (χ0n) is 21.4. The van der Waals surface area contributed by atoms with Gasteiger partial charge < -0.3 is 14.7 Å². The number of aliphatic hydroxyl groups is 1. The van der Waals surface area contributed by atoms with E-state index in [0.717, 1.165) is 47.8 Å². The molecule has 0 saturated carbocycles. The van der Waals surface area contributed by atoms with Crippen LogP contribution in [-0.4, -0.2) is 47.3 Å². The monoisotopic (exact) mass is 520 g/mol. The predicted octanol–water partition coefficient (Wildman–Crippen LogP) is 7.24. The molecule has 38 heavy (non-hydrogen) atoms. The summed E-state index contributed by atoms with van der Waals surface area (Å²) in [5, 5.41) is 14.4. The van der Waals surface area contributed by atoms with Crippen LogP contribution in [0, 0.1) is 0 Å². The van der Waals surface area contributed by atoms with Gasteiger partial charge in [-0.15, -0.1) is 11.3 Å². The van der Waals surface area contributed by atoms with Crippen molar-refractivity contribution in [3.05, 3.63) is 107 Å².